The van der Waals surface area contributed by atoms with E-state index in [0.717, 1.165) is 5.56 Å². The van der Waals surface area contributed by atoms with Crippen LogP contribution in [0, 0.1) is 6.92 Å². The zero-order valence-electron chi connectivity index (χ0n) is 17.8. The van der Waals surface area contributed by atoms with E-state index in [1.807, 2.05) is 37.3 Å². The molecule has 7 heteroatoms. The lowest BCUT2D eigenvalue weighted by Crippen LogP contribution is -2.43. The van der Waals surface area contributed by atoms with Crippen LogP contribution in [0.2, 0.25) is 0 Å². The van der Waals surface area contributed by atoms with Gasteiger partial charge in [-0.1, -0.05) is 30.3 Å². The summed E-state index contributed by atoms with van der Waals surface area (Å²) in [6, 6.07) is 13.2. The maximum atomic E-state index is 13.1. The number of rotatable bonds is 5. The van der Waals surface area contributed by atoms with Crippen LogP contribution < -0.4 is 15.1 Å². The van der Waals surface area contributed by atoms with Crippen molar-refractivity contribution >= 4 is 16.9 Å². The molecule has 1 amide bonds. The molecular formula is C24H25NO6. The Morgan fingerprint density at radius 1 is 1.13 bits per heavy atom. The smallest absolute Gasteiger partial charge is 0.340 e. The van der Waals surface area contributed by atoms with Crippen molar-refractivity contribution in [2.75, 3.05) is 33.9 Å². The van der Waals surface area contributed by atoms with E-state index in [-0.39, 0.29) is 18.4 Å². The van der Waals surface area contributed by atoms with Gasteiger partial charge in [0.25, 0.3) is 0 Å². The lowest BCUT2D eigenvalue weighted by molar-refractivity contribution is -0.138. The molecule has 0 bridgehead atoms. The number of aryl methyl sites for hydroxylation is 1. The number of benzene rings is 2. The highest BCUT2D eigenvalue weighted by atomic mass is 16.5. The van der Waals surface area contributed by atoms with Crippen molar-refractivity contribution in [2.45, 2.75) is 19.4 Å². The standard InChI is InChI=1S/C24H25NO6/c1-15-17-11-20(28-2)21(29-3)13-19(17)31-24(27)18(15)12-23(26)25-9-10-30-22(14-25)16-7-5-4-6-8-16/h4-8,11,13,22H,9-10,12,14H2,1-3H3. The molecule has 7 nitrogen and oxygen atoms in total. The van der Waals surface area contributed by atoms with Gasteiger partial charge >= 0.3 is 5.63 Å². The highest BCUT2D eigenvalue weighted by molar-refractivity contribution is 5.87. The van der Waals surface area contributed by atoms with E-state index in [1.165, 1.54) is 7.11 Å². The molecule has 0 N–H and O–H groups in total. The molecule has 3 aromatic rings. The molecule has 2 heterocycles. The van der Waals surface area contributed by atoms with Crippen LogP contribution in [0.15, 0.2) is 51.7 Å². The molecule has 162 valence electrons. The van der Waals surface area contributed by atoms with Gasteiger partial charge in [0, 0.05) is 18.0 Å². The molecule has 1 aliphatic rings. The van der Waals surface area contributed by atoms with Crippen LogP contribution in [0.4, 0.5) is 0 Å². The number of hydrogen-bond acceptors (Lipinski definition) is 6. The minimum absolute atomic E-state index is 0.0278. The molecule has 1 unspecified atom stereocenters. The fourth-order valence-corrected chi connectivity index (χ4v) is 3.93. The lowest BCUT2D eigenvalue weighted by atomic mass is 10.0. The van der Waals surface area contributed by atoms with Gasteiger partial charge in [0.15, 0.2) is 11.5 Å². The average molecular weight is 423 g/mol. The number of methoxy groups -OCH3 is 2. The Morgan fingerprint density at radius 3 is 2.55 bits per heavy atom. The molecule has 4 rings (SSSR count). The Hall–Kier alpha value is -3.32. The zero-order chi connectivity index (χ0) is 22.0. The molecule has 0 spiro atoms. The fraction of sp³-hybridized carbons (Fsp3) is 0.333. The van der Waals surface area contributed by atoms with Crippen molar-refractivity contribution in [3.63, 3.8) is 0 Å². The van der Waals surface area contributed by atoms with E-state index in [4.69, 9.17) is 18.6 Å². The number of carbonyl (C=O) groups excluding carboxylic acids is 1. The molecule has 1 atom stereocenters. The first-order chi connectivity index (χ1) is 15.0. The summed E-state index contributed by atoms with van der Waals surface area (Å²) in [6.07, 6.45) is -0.204. The number of carbonyl (C=O) groups is 1. The van der Waals surface area contributed by atoms with Crippen molar-refractivity contribution < 1.29 is 23.4 Å². The maximum Gasteiger partial charge on any atom is 0.340 e. The third kappa shape index (κ3) is 4.14. The number of amides is 1. The third-order valence-electron chi connectivity index (χ3n) is 5.71. The largest absolute Gasteiger partial charge is 0.493 e. The molecule has 31 heavy (non-hydrogen) atoms. The van der Waals surface area contributed by atoms with Gasteiger partial charge in [-0.05, 0) is 24.1 Å². The van der Waals surface area contributed by atoms with Gasteiger partial charge in [0.05, 0.1) is 39.4 Å². The van der Waals surface area contributed by atoms with E-state index in [0.29, 0.717) is 53.3 Å². The Balaban J connectivity index is 1.60. The van der Waals surface area contributed by atoms with Crippen molar-refractivity contribution in [1.82, 2.24) is 4.90 Å². The maximum absolute atomic E-state index is 13.1. The van der Waals surface area contributed by atoms with E-state index < -0.39 is 5.63 Å². The molecule has 0 saturated carbocycles. The van der Waals surface area contributed by atoms with Gasteiger partial charge in [-0.15, -0.1) is 0 Å². The van der Waals surface area contributed by atoms with Gasteiger partial charge < -0.3 is 23.5 Å². The van der Waals surface area contributed by atoms with Crippen molar-refractivity contribution in [2.24, 2.45) is 0 Å². The second-order valence-corrected chi connectivity index (χ2v) is 7.48. The van der Waals surface area contributed by atoms with Gasteiger partial charge in [0.1, 0.15) is 11.7 Å². The summed E-state index contributed by atoms with van der Waals surface area (Å²) in [7, 11) is 3.07. The lowest BCUT2D eigenvalue weighted by Gasteiger charge is -2.33. The number of fused-ring (bicyclic) bond motifs is 1. The zero-order valence-corrected chi connectivity index (χ0v) is 17.8. The quantitative estimate of drug-likeness (QED) is 0.586. The minimum atomic E-state index is -0.515. The Morgan fingerprint density at radius 2 is 1.84 bits per heavy atom. The number of nitrogens with zero attached hydrogens (tertiary/aromatic N) is 1. The van der Waals surface area contributed by atoms with Crippen LogP contribution in [0.5, 0.6) is 11.5 Å². The molecule has 2 aromatic carbocycles. The first-order valence-electron chi connectivity index (χ1n) is 10.1. The van der Waals surface area contributed by atoms with E-state index in [9.17, 15) is 9.59 Å². The number of morpholine rings is 1. The molecule has 1 fully saturated rings. The van der Waals surface area contributed by atoms with Crippen LogP contribution in [0.1, 0.15) is 22.8 Å². The first-order valence-corrected chi connectivity index (χ1v) is 10.1. The Bertz CT molecular complexity index is 1150. The van der Waals surface area contributed by atoms with Crippen LogP contribution in [-0.4, -0.2) is 44.7 Å². The van der Waals surface area contributed by atoms with Gasteiger partial charge in [-0.3, -0.25) is 4.79 Å². The highest BCUT2D eigenvalue weighted by Gasteiger charge is 2.27. The predicted molar refractivity (Wildman–Crippen MR) is 116 cm³/mol. The monoisotopic (exact) mass is 423 g/mol. The molecule has 0 radical (unpaired) electrons. The summed E-state index contributed by atoms with van der Waals surface area (Å²) in [5.41, 5.74) is 1.97. The van der Waals surface area contributed by atoms with Crippen LogP contribution in [-0.2, 0) is 16.0 Å². The molecular weight excluding hydrogens is 398 g/mol. The molecule has 1 aliphatic heterocycles. The van der Waals surface area contributed by atoms with Gasteiger partial charge in [0.2, 0.25) is 5.91 Å². The first kappa shape index (κ1) is 20.9. The van der Waals surface area contributed by atoms with Crippen LogP contribution in [0.3, 0.4) is 0 Å². The van der Waals surface area contributed by atoms with Gasteiger partial charge in [-0.25, -0.2) is 4.79 Å². The average Bonchev–Trinajstić information content (AvgIpc) is 2.81. The molecule has 0 aliphatic carbocycles. The normalized spacial score (nSPS) is 16.4. The summed E-state index contributed by atoms with van der Waals surface area (Å²) >= 11 is 0. The second kappa shape index (κ2) is 8.81. The fourth-order valence-electron chi connectivity index (χ4n) is 3.93. The Kier molecular flexibility index (Phi) is 5.95. The minimum Gasteiger partial charge on any atom is -0.493 e. The van der Waals surface area contributed by atoms with E-state index in [1.54, 1.807) is 24.1 Å². The summed E-state index contributed by atoms with van der Waals surface area (Å²) in [5, 5.41) is 0.712. The van der Waals surface area contributed by atoms with E-state index in [2.05, 4.69) is 0 Å². The van der Waals surface area contributed by atoms with Crippen molar-refractivity contribution in [3.8, 4) is 11.5 Å². The summed E-state index contributed by atoms with van der Waals surface area (Å²) in [4.78, 5) is 27.5. The van der Waals surface area contributed by atoms with Crippen LogP contribution in [0.25, 0.3) is 11.0 Å². The number of hydrogen-bond donors (Lipinski definition) is 0. The molecule has 1 saturated heterocycles. The topological polar surface area (TPSA) is 78.2 Å². The van der Waals surface area contributed by atoms with Gasteiger partial charge in [-0.2, -0.15) is 0 Å². The highest BCUT2D eigenvalue weighted by Crippen LogP contribution is 2.33. The van der Waals surface area contributed by atoms with E-state index >= 15 is 0 Å². The predicted octanol–water partition coefficient (Wildman–Crippen LogP) is 3.26. The number of ether oxygens (including phenoxy) is 3. The second-order valence-electron chi connectivity index (χ2n) is 7.48. The summed E-state index contributed by atoms with van der Waals surface area (Å²) in [6.45, 7) is 3.21. The SMILES string of the molecule is COc1cc2oc(=O)c(CC(=O)N3CCOC(c4ccccc4)C3)c(C)c2cc1OC. The van der Waals surface area contributed by atoms with Crippen molar-refractivity contribution in [3.05, 3.63) is 69.6 Å². The third-order valence-corrected chi connectivity index (χ3v) is 5.71. The molecule has 1 aromatic heterocycles. The summed E-state index contributed by atoms with van der Waals surface area (Å²) in [5.74, 6) is 0.879. The summed E-state index contributed by atoms with van der Waals surface area (Å²) < 4.78 is 22.0. The van der Waals surface area contributed by atoms with Crippen LogP contribution >= 0.6 is 0 Å². The Labute approximate surface area is 180 Å². The van der Waals surface area contributed by atoms with Crippen molar-refractivity contribution in [1.29, 1.82) is 0 Å².